The molecule has 2 rings (SSSR count). The molecule has 4 heteroatoms. The molecule has 0 saturated heterocycles. The molecule has 0 aliphatic rings. The van der Waals surface area contributed by atoms with Crippen LogP contribution in [0.5, 0.6) is 0 Å². The van der Waals surface area contributed by atoms with Crippen molar-refractivity contribution in [2.45, 2.75) is 6.92 Å². The third-order valence-electron chi connectivity index (χ3n) is 1.93. The standard InChI is InChI=1S/C10H7NO2S/c1-6(12)7-2-3-9-8(4-7)5-14-10(13)11-9/h2-5H,1H3. The maximum atomic E-state index is 11.1. The molecule has 0 aliphatic carbocycles. The van der Waals surface area contributed by atoms with Crippen LogP contribution >= 0.6 is 11.3 Å². The van der Waals surface area contributed by atoms with Crippen LogP contribution in [0.1, 0.15) is 17.3 Å². The van der Waals surface area contributed by atoms with E-state index in [1.807, 2.05) is 0 Å². The first-order chi connectivity index (χ1) is 6.66. The number of aromatic nitrogens is 1. The molecule has 70 valence electrons. The molecule has 2 aromatic rings. The van der Waals surface area contributed by atoms with Crippen LogP contribution in [0, 0.1) is 0 Å². The second kappa shape index (κ2) is 3.31. The lowest BCUT2D eigenvalue weighted by Gasteiger charge is -1.97. The maximum absolute atomic E-state index is 11.1. The van der Waals surface area contributed by atoms with Crippen LogP contribution in [-0.4, -0.2) is 10.8 Å². The quantitative estimate of drug-likeness (QED) is 0.667. The second-order valence-corrected chi connectivity index (χ2v) is 3.76. The third kappa shape index (κ3) is 1.56. The molecule has 0 bridgehead atoms. The molecule has 0 N–H and O–H groups in total. The second-order valence-electron chi connectivity index (χ2n) is 2.94. The average Bonchev–Trinajstić information content (AvgIpc) is 2.16. The SMILES string of the molecule is CC(=O)c1ccc2nc(=O)scc2c1. The molecule has 1 aromatic carbocycles. The van der Waals surface area contributed by atoms with Crippen LogP contribution in [0.4, 0.5) is 0 Å². The maximum Gasteiger partial charge on any atom is 0.326 e. The molecule has 1 aromatic heterocycles. The average molecular weight is 205 g/mol. The van der Waals surface area contributed by atoms with E-state index in [4.69, 9.17) is 0 Å². The van der Waals surface area contributed by atoms with Gasteiger partial charge in [-0.15, -0.1) is 0 Å². The third-order valence-corrected chi connectivity index (χ3v) is 2.60. The first-order valence-electron chi connectivity index (χ1n) is 4.07. The topological polar surface area (TPSA) is 47.0 Å². The van der Waals surface area contributed by atoms with E-state index in [0.717, 1.165) is 16.7 Å². The first kappa shape index (κ1) is 9.02. The van der Waals surface area contributed by atoms with Gasteiger partial charge in [-0.05, 0) is 25.1 Å². The number of rotatable bonds is 1. The molecule has 1 heterocycles. The Morgan fingerprint density at radius 3 is 2.93 bits per heavy atom. The summed E-state index contributed by atoms with van der Waals surface area (Å²) in [6.07, 6.45) is 0. The Hall–Kier alpha value is -1.55. The highest BCUT2D eigenvalue weighted by Crippen LogP contribution is 2.13. The normalized spacial score (nSPS) is 10.4. The molecular formula is C10H7NO2S. The predicted octanol–water partition coefficient (Wildman–Crippen LogP) is 1.86. The van der Waals surface area contributed by atoms with Crippen LogP contribution < -0.4 is 4.87 Å². The molecule has 0 unspecified atom stereocenters. The largest absolute Gasteiger partial charge is 0.326 e. The van der Waals surface area contributed by atoms with Gasteiger partial charge in [0.05, 0.1) is 5.52 Å². The van der Waals surface area contributed by atoms with Crippen molar-refractivity contribution in [1.82, 2.24) is 4.98 Å². The van der Waals surface area contributed by atoms with Crippen molar-refractivity contribution < 1.29 is 4.79 Å². The molecule has 0 spiro atoms. The first-order valence-corrected chi connectivity index (χ1v) is 4.95. The van der Waals surface area contributed by atoms with E-state index >= 15 is 0 Å². The summed E-state index contributed by atoms with van der Waals surface area (Å²) >= 11 is 1.04. The summed E-state index contributed by atoms with van der Waals surface area (Å²) in [5.74, 6) is 0.0168. The van der Waals surface area contributed by atoms with E-state index in [1.54, 1.807) is 23.6 Å². The van der Waals surface area contributed by atoms with Gasteiger partial charge in [0.1, 0.15) is 0 Å². The number of nitrogens with zero attached hydrogens (tertiary/aromatic N) is 1. The van der Waals surface area contributed by atoms with Gasteiger partial charge in [-0.3, -0.25) is 9.59 Å². The summed E-state index contributed by atoms with van der Waals surface area (Å²) in [5.41, 5.74) is 1.28. The highest BCUT2D eigenvalue weighted by atomic mass is 32.1. The van der Waals surface area contributed by atoms with Crippen molar-refractivity contribution in [3.8, 4) is 0 Å². The summed E-state index contributed by atoms with van der Waals surface area (Å²) in [7, 11) is 0. The number of hydrogen-bond donors (Lipinski definition) is 0. The fraction of sp³-hybridized carbons (Fsp3) is 0.100. The van der Waals surface area contributed by atoms with Gasteiger partial charge in [0.25, 0.3) is 0 Å². The highest BCUT2D eigenvalue weighted by molar-refractivity contribution is 7.07. The van der Waals surface area contributed by atoms with Crippen molar-refractivity contribution in [3.63, 3.8) is 0 Å². The van der Waals surface area contributed by atoms with Gasteiger partial charge in [-0.1, -0.05) is 11.3 Å². The minimum Gasteiger partial charge on any atom is -0.295 e. The molecule has 0 aliphatic heterocycles. The van der Waals surface area contributed by atoms with E-state index < -0.39 is 0 Å². The van der Waals surface area contributed by atoms with E-state index in [2.05, 4.69) is 4.98 Å². The van der Waals surface area contributed by atoms with Gasteiger partial charge >= 0.3 is 4.87 Å². The fourth-order valence-electron chi connectivity index (χ4n) is 1.21. The van der Waals surface area contributed by atoms with Crippen molar-refractivity contribution in [3.05, 3.63) is 38.8 Å². The van der Waals surface area contributed by atoms with Crippen LogP contribution in [0.15, 0.2) is 28.4 Å². The van der Waals surface area contributed by atoms with Crippen molar-refractivity contribution >= 4 is 28.0 Å². The lowest BCUT2D eigenvalue weighted by molar-refractivity contribution is 0.101. The fourth-order valence-corrected chi connectivity index (χ4v) is 1.78. The van der Waals surface area contributed by atoms with Crippen LogP contribution in [0.3, 0.4) is 0 Å². The van der Waals surface area contributed by atoms with E-state index in [9.17, 15) is 9.59 Å². The Bertz CT molecular complexity index is 559. The molecule has 3 nitrogen and oxygen atoms in total. The van der Waals surface area contributed by atoms with Crippen LogP contribution in [0.2, 0.25) is 0 Å². The van der Waals surface area contributed by atoms with Gasteiger partial charge in [0.15, 0.2) is 5.78 Å². The Morgan fingerprint density at radius 2 is 2.21 bits per heavy atom. The lowest BCUT2D eigenvalue weighted by atomic mass is 10.1. The minimum atomic E-state index is -0.215. The number of carbonyl (C=O) groups excluding carboxylic acids is 1. The number of benzene rings is 1. The molecule has 14 heavy (non-hydrogen) atoms. The number of hydrogen-bond acceptors (Lipinski definition) is 4. The summed E-state index contributed by atoms with van der Waals surface area (Å²) in [5, 5.41) is 2.55. The highest BCUT2D eigenvalue weighted by Gasteiger charge is 2.01. The molecule has 0 fully saturated rings. The van der Waals surface area contributed by atoms with Crippen LogP contribution in [0.25, 0.3) is 10.9 Å². The molecule has 0 saturated carbocycles. The van der Waals surface area contributed by atoms with Gasteiger partial charge in [0.2, 0.25) is 0 Å². The number of ketones is 1. The summed E-state index contributed by atoms with van der Waals surface area (Å²) < 4.78 is 0. The monoisotopic (exact) mass is 205 g/mol. The Kier molecular flexibility index (Phi) is 2.13. The summed E-state index contributed by atoms with van der Waals surface area (Å²) in [4.78, 5) is 25.6. The van der Waals surface area contributed by atoms with E-state index in [-0.39, 0.29) is 10.7 Å². The molecule has 0 amide bonds. The van der Waals surface area contributed by atoms with Crippen molar-refractivity contribution in [1.29, 1.82) is 0 Å². The van der Waals surface area contributed by atoms with Gasteiger partial charge in [-0.2, -0.15) is 4.98 Å². The summed E-state index contributed by atoms with van der Waals surface area (Å²) in [6, 6.07) is 5.13. The summed E-state index contributed by atoms with van der Waals surface area (Å²) in [6.45, 7) is 1.51. The van der Waals surface area contributed by atoms with Gasteiger partial charge in [0, 0.05) is 16.3 Å². The zero-order valence-corrected chi connectivity index (χ0v) is 8.30. The van der Waals surface area contributed by atoms with Crippen LogP contribution in [-0.2, 0) is 0 Å². The zero-order valence-electron chi connectivity index (χ0n) is 7.48. The number of Topliss-reactive ketones (excluding diaryl/α,β-unsaturated/α-hetero) is 1. The Balaban J connectivity index is 2.73. The minimum absolute atomic E-state index is 0.0168. The van der Waals surface area contributed by atoms with Gasteiger partial charge < -0.3 is 0 Å². The Morgan fingerprint density at radius 1 is 1.43 bits per heavy atom. The van der Waals surface area contributed by atoms with Crippen molar-refractivity contribution in [2.75, 3.05) is 0 Å². The zero-order chi connectivity index (χ0) is 10.1. The van der Waals surface area contributed by atoms with E-state index in [0.29, 0.717) is 11.1 Å². The lowest BCUT2D eigenvalue weighted by Crippen LogP contribution is -1.99. The molecule has 0 atom stereocenters. The van der Waals surface area contributed by atoms with Crippen molar-refractivity contribution in [2.24, 2.45) is 0 Å². The van der Waals surface area contributed by atoms with E-state index in [1.165, 1.54) is 6.92 Å². The number of fused-ring (bicyclic) bond motifs is 1. The van der Waals surface area contributed by atoms with Gasteiger partial charge in [-0.25, -0.2) is 0 Å². The number of carbonyl (C=O) groups is 1. The Labute approximate surface area is 84.0 Å². The molecule has 0 radical (unpaired) electrons. The smallest absolute Gasteiger partial charge is 0.295 e. The molecular weight excluding hydrogens is 198 g/mol. The predicted molar refractivity (Wildman–Crippen MR) is 55.9 cm³/mol.